The van der Waals surface area contributed by atoms with Gasteiger partial charge in [0, 0.05) is 18.1 Å². The van der Waals surface area contributed by atoms with Gasteiger partial charge in [0.1, 0.15) is 0 Å². The first-order valence-electron chi connectivity index (χ1n) is 6.91. The van der Waals surface area contributed by atoms with Crippen molar-refractivity contribution in [2.45, 2.75) is 6.92 Å². The van der Waals surface area contributed by atoms with Gasteiger partial charge in [0.05, 0.1) is 5.39 Å². The van der Waals surface area contributed by atoms with E-state index in [0.29, 0.717) is 10.8 Å². The fourth-order valence-electron chi connectivity index (χ4n) is 2.36. The number of amides is 1. The van der Waals surface area contributed by atoms with Crippen LogP contribution in [0.25, 0.3) is 10.8 Å². The molecule has 22 heavy (non-hydrogen) atoms. The predicted octanol–water partition coefficient (Wildman–Crippen LogP) is 2.49. The molecule has 0 radical (unpaired) electrons. The Kier molecular flexibility index (Phi) is 3.47. The van der Waals surface area contributed by atoms with Crippen LogP contribution in [0.5, 0.6) is 0 Å². The second-order valence-electron chi connectivity index (χ2n) is 5.09. The summed E-state index contributed by atoms with van der Waals surface area (Å²) in [4.78, 5) is 24.6. The Balaban J connectivity index is 2.11. The van der Waals surface area contributed by atoms with Crippen molar-refractivity contribution in [3.63, 3.8) is 0 Å². The first-order valence-corrected chi connectivity index (χ1v) is 6.91. The van der Waals surface area contributed by atoms with Gasteiger partial charge in [0.2, 0.25) is 0 Å². The van der Waals surface area contributed by atoms with Crippen molar-refractivity contribution in [3.05, 3.63) is 70.1 Å². The zero-order valence-electron chi connectivity index (χ0n) is 12.3. The number of anilines is 1. The number of nitrogens with zero attached hydrogens (tertiary/aromatic N) is 2. The first-order chi connectivity index (χ1) is 10.6. The van der Waals surface area contributed by atoms with Crippen LogP contribution in [0.15, 0.2) is 53.3 Å². The van der Waals surface area contributed by atoms with Crippen molar-refractivity contribution in [3.8, 4) is 0 Å². The number of hydrogen-bond acceptors (Lipinski definition) is 3. The summed E-state index contributed by atoms with van der Waals surface area (Å²) in [7, 11) is 1.54. The molecule has 3 aromatic rings. The van der Waals surface area contributed by atoms with E-state index in [1.165, 1.54) is 4.68 Å². The fourth-order valence-corrected chi connectivity index (χ4v) is 2.36. The van der Waals surface area contributed by atoms with Crippen LogP contribution in [-0.4, -0.2) is 15.7 Å². The average Bonchev–Trinajstić information content (AvgIpc) is 2.53. The topological polar surface area (TPSA) is 64.0 Å². The third kappa shape index (κ3) is 2.37. The van der Waals surface area contributed by atoms with Crippen molar-refractivity contribution < 1.29 is 4.79 Å². The van der Waals surface area contributed by atoms with Crippen LogP contribution in [0.2, 0.25) is 0 Å². The molecule has 1 amide bonds. The quantitative estimate of drug-likeness (QED) is 0.789. The molecular formula is C17H15N3O2. The SMILES string of the molecule is Cc1ccccc1NC(=O)c1nn(C)c(=O)c2ccccc12. The molecule has 0 aliphatic rings. The molecule has 1 N–H and O–H groups in total. The molecule has 0 bridgehead atoms. The van der Waals surface area contributed by atoms with Gasteiger partial charge in [-0.3, -0.25) is 9.59 Å². The van der Waals surface area contributed by atoms with Crippen LogP contribution in [0, 0.1) is 6.92 Å². The summed E-state index contributed by atoms with van der Waals surface area (Å²) in [5.74, 6) is -0.332. The second kappa shape index (κ2) is 5.44. The Labute approximate surface area is 127 Å². The lowest BCUT2D eigenvalue weighted by molar-refractivity contribution is 0.102. The highest BCUT2D eigenvalue weighted by Gasteiger charge is 2.16. The second-order valence-corrected chi connectivity index (χ2v) is 5.09. The van der Waals surface area contributed by atoms with E-state index >= 15 is 0 Å². The zero-order valence-corrected chi connectivity index (χ0v) is 12.3. The largest absolute Gasteiger partial charge is 0.320 e. The molecule has 0 spiro atoms. The molecule has 1 heterocycles. The normalized spacial score (nSPS) is 10.6. The Morgan fingerprint density at radius 2 is 1.68 bits per heavy atom. The Morgan fingerprint density at radius 1 is 1.05 bits per heavy atom. The Bertz CT molecular complexity index is 929. The number of para-hydroxylation sites is 1. The standard InChI is InChI=1S/C17H15N3O2/c1-11-7-3-6-10-14(11)18-16(21)15-12-8-4-5-9-13(12)17(22)20(2)19-15/h3-10H,1-2H3,(H,18,21). The van der Waals surface area contributed by atoms with Gasteiger partial charge in [0.25, 0.3) is 11.5 Å². The minimum atomic E-state index is -0.332. The molecule has 5 nitrogen and oxygen atoms in total. The molecule has 3 rings (SSSR count). The van der Waals surface area contributed by atoms with E-state index in [0.717, 1.165) is 11.3 Å². The summed E-state index contributed by atoms with van der Waals surface area (Å²) in [6.07, 6.45) is 0. The van der Waals surface area contributed by atoms with Crippen molar-refractivity contribution in [2.75, 3.05) is 5.32 Å². The van der Waals surface area contributed by atoms with E-state index in [1.54, 1.807) is 31.3 Å². The van der Waals surface area contributed by atoms with Crippen molar-refractivity contribution in [1.29, 1.82) is 0 Å². The first kappa shape index (κ1) is 14.0. The third-order valence-electron chi connectivity index (χ3n) is 3.56. The number of aryl methyl sites for hydroxylation is 2. The fraction of sp³-hybridized carbons (Fsp3) is 0.118. The molecule has 0 fully saturated rings. The van der Waals surface area contributed by atoms with Crippen molar-refractivity contribution in [1.82, 2.24) is 9.78 Å². The molecule has 0 saturated carbocycles. The van der Waals surface area contributed by atoms with Gasteiger partial charge in [-0.25, -0.2) is 4.68 Å². The van der Waals surface area contributed by atoms with Gasteiger partial charge in [0.15, 0.2) is 5.69 Å². The van der Waals surface area contributed by atoms with Gasteiger partial charge in [-0.15, -0.1) is 0 Å². The number of rotatable bonds is 2. The van der Waals surface area contributed by atoms with Gasteiger partial charge < -0.3 is 5.32 Å². The van der Waals surface area contributed by atoms with Crippen LogP contribution in [0.4, 0.5) is 5.69 Å². The van der Waals surface area contributed by atoms with Gasteiger partial charge in [-0.2, -0.15) is 5.10 Å². The molecule has 0 aliphatic heterocycles. The minimum absolute atomic E-state index is 0.219. The van der Waals surface area contributed by atoms with E-state index in [-0.39, 0.29) is 17.2 Å². The number of aromatic nitrogens is 2. The summed E-state index contributed by atoms with van der Waals surface area (Å²) in [5.41, 5.74) is 1.71. The monoisotopic (exact) mass is 293 g/mol. The highest BCUT2D eigenvalue weighted by atomic mass is 16.2. The van der Waals surface area contributed by atoms with E-state index in [9.17, 15) is 9.59 Å². The highest BCUT2D eigenvalue weighted by Crippen LogP contribution is 2.17. The summed E-state index contributed by atoms with van der Waals surface area (Å²) >= 11 is 0. The third-order valence-corrected chi connectivity index (χ3v) is 3.56. The van der Waals surface area contributed by atoms with Gasteiger partial charge >= 0.3 is 0 Å². The summed E-state index contributed by atoms with van der Waals surface area (Å²) in [6.45, 7) is 1.92. The van der Waals surface area contributed by atoms with Crippen molar-refractivity contribution >= 4 is 22.4 Å². The number of carbonyl (C=O) groups is 1. The molecule has 110 valence electrons. The average molecular weight is 293 g/mol. The number of benzene rings is 2. The maximum atomic E-state index is 12.6. The summed E-state index contributed by atoms with van der Waals surface area (Å²) in [5, 5.41) is 8.00. The number of carbonyl (C=O) groups excluding carboxylic acids is 1. The predicted molar refractivity (Wildman–Crippen MR) is 86.1 cm³/mol. The highest BCUT2D eigenvalue weighted by molar-refractivity contribution is 6.11. The molecule has 0 unspecified atom stereocenters. The van der Waals surface area contributed by atoms with Gasteiger partial charge in [-0.1, -0.05) is 36.4 Å². The van der Waals surface area contributed by atoms with Crippen LogP contribution in [-0.2, 0) is 7.05 Å². The van der Waals surface area contributed by atoms with Crippen molar-refractivity contribution in [2.24, 2.45) is 7.05 Å². The maximum Gasteiger partial charge on any atom is 0.276 e. The lowest BCUT2D eigenvalue weighted by atomic mass is 10.1. The lowest BCUT2D eigenvalue weighted by Gasteiger charge is -2.10. The van der Waals surface area contributed by atoms with Crippen LogP contribution in [0.1, 0.15) is 16.1 Å². The van der Waals surface area contributed by atoms with E-state index in [4.69, 9.17) is 0 Å². The summed E-state index contributed by atoms with van der Waals surface area (Å²) < 4.78 is 1.19. The smallest absolute Gasteiger partial charge is 0.276 e. The number of nitrogens with one attached hydrogen (secondary N) is 1. The molecule has 1 aromatic heterocycles. The molecule has 0 aliphatic carbocycles. The Morgan fingerprint density at radius 3 is 2.41 bits per heavy atom. The van der Waals surface area contributed by atoms with Crippen LogP contribution >= 0.6 is 0 Å². The molecular weight excluding hydrogens is 278 g/mol. The Hall–Kier alpha value is -2.95. The molecule has 2 aromatic carbocycles. The molecule has 0 atom stereocenters. The van der Waals surface area contributed by atoms with E-state index in [1.807, 2.05) is 31.2 Å². The van der Waals surface area contributed by atoms with Gasteiger partial charge in [-0.05, 0) is 24.6 Å². The van der Waals surface area contributed by atoms with Crippen LogP contribution in [0.3, 0.4) is 0 Å². The maximum absolute atomic E-state index is 12.6. The van der Waals surface area contributed by atoms with E-state index < -0.39 is 0 Å². The summed E-state index contributed by atoms with van der Waals surface area (Å²) in [6, 6.07) is 14.5. The van der Waals surface area contributed by atoms with Crippen LogP contribution < -0.4 is 10.9 Å². The molecule has 5 heteroatoms. The lowest BCUT2D eigenvalue weighted by Crippen LogP contribution is -2.25. The zero-order chi connectivity index (χ0) is 15.7. The molecule has 0 saturated heterocycles. The number of hydrogen-bond donors (Lipinski definition) is 1. The van der Waals surface area contributed by atoms with E-state index in [2.05, 4.69) is 10.4 Å². The number of fused-ring (bicyclic) bond motifs is 1. The minimum Gasteiger partial charge on any atom is -0.320 e.